The number of pyridine rings is 1. The Bertz CT molecular complexity index is 1360. The summed E-state index contributed by atoms with van der Waals surface area (Å²) in [7, 11) is 0. The minimum atomic E-state index is -0.260. The first kappa shape index (κ1) is 26.7. The first-order valence-electron chi connectivity index (χ1n) is 13.7. The molecule has 1 aromatic carbocycles. The van der Waals surface area contributed by atoms with E-state index in [0.717, 1.165) is 69.4 Å². The molecule has 3 aliphatic rings. The summed E-state index contributed by atoms with van der Waals surface area (Å²) in [6.07, 6.45) is 9.21. The normalized spacial score (nSPS) is 20.1. The molecule has 6 nitrogen and oxygen atoms in total. The van der Waals surface area contributed by atoms with Crippen LogP contribution in [-0.2, 0) is 17.8 Å². The third kappa shape index (κ3) is 5.06. The van der Waals surface area contributed by atoms with Crippen molar-refractivity contribution in [3.05, 3.63) is 67.8 Å². The smallest absolute Gasteiger partial charge is 0.270 e. The van der Waals surface area contributed by atoms with E-state index in [1.54, 1.807) is 9.47 Å². The third-order valence-corrected chi connectivity index (χ3v) is 9.56. The molecule has 0 bridgehead atoms. The molecule has 3 fully saturated rings. The van der Waals surface area contributed by atoms with Crippen molar-refractivity contribution in [2.45, 2.75) is 71.4 Å². The third-order valence-electron chi connectivity index (χ3n) is 8.23. The number of nitriles is 1. The van der Waals surface area contributed by atoms with E-state index in [0.29, 0.717) is 27.3 Å². The number of carbonyl (C=O) groups is 1. The Hall–Kier alpha value is -2.89. The fraction of sp³-hybridized carbons (Fsp3) is 0.467. The predicted octanol–water partition coefficient (Wildman–Crippen LogP) is 5.65. The summed E-state index contributed by atoms with van der Waals surface area (Å²) in [5, 5.41) is 9.86. The maximum absolute atomic E-state index is 13.5. The topological polar surface area (TPSA) is 69.3 Å². The standard InChI is InChI=1S/C30H34N4O2S2/c1-3-33-27(32-15-13-22(14-16-32)17-21-9-5-4-6-10-21)24(20(2)25(19-31)28(33)35)18-26-29(36)34(30(37)38-26)23-11-7-8-12-23/h4-6,9-10,18,22-23H,3,7-8,11-17H2,1-2H3. The highest BCUT2D eigenvalue weighted by atomic mass is 32.2. The summed E-state index contributed by atoms with van der Waals surface area (Å²) in [5.74, 6) is 1.35. The van der Waals surface area contributed by atoms with Gasteiger partial charge in [0, 0.05) is 31.2 Å². The van der Waals surface area contributed by atoms with Gasteiger partial charge in [-0.1, -0.05) is 67.2 Å². The van der Waals surface area contributed by atoms with Crippen molar-refractivity contribution in [3.63, 3.8) is 0 Å². The zero-order chi connectivity index (χ0) is 26.8. The molecule has 2 aromatic rings. The Labute approximate surface area is 234 Å². The van der Waals surface area contributed by atoms with Crippen LogP contribution < -0.4 is 10.5 Å². The highest BCUT2D eigenvalue weighted by molar-refractivity contribution is 8.26. The van der Waals surface area contributed by atoms with E-state index < -0.39 is 0 Å². The number of piperidine rings is 1. The van der Waals surface area contributed by atoms with E-state index in [9.17, 15) is 14.9 Å². The van der Waals surface area contributed by atoms with Gasteiger partial charge in [-0.25, -0.2) is 0 Å². The summed E-state index contributed by atoms with van der Waals surface area (Å²) in [5.41, 5.74) is 2.67. The van der Waals surface area contributed by atoms with Crippen molar-refractivity contribution in [3.8, 4) is 6.07 Å². The lowest BCUT2D eigenvalue weighted by molar-refractivity contribution is -0.123. The second kappa shape index (κ2) is 11.5. The first-order chi connectivity index (χ1) is 18.4. The summed E-state index contributed by atoms with van der Waals surface area (Å²) in [4.78, 5) is 31.5. The maximum Gasteiger partial charge on any atom is 0.270 e. The zero-order valence-corrected chi connectivity index (χ0v) is 23.7. The second-order valence-corrected chi connectivity index (χ2v) is 12.2. The van der Waals surface area contributed by atoms with Gasteiger partial charge in [-0.3, -0.25) is 19.1 Å². The minimum Gasteiger partial charge on any atom is -0.357 e. The SMILES string of the molecule is CCn1c(N2CCC(Cc3ccccc3)CC2)c(C=C2SC(=S)N(C3CCCC3)C2=O)c(C)c(C#N)c1=O. The number of amides is 1. The maximum atomic E-state index is 13.5. The Kier molecular flexibility index (Phi) is 8.06. The van der Waals surface area contributed by atoms with Crippen LogP contribution in [0.3, 0.4) is 0 Å². The van der Waals surface area contributed by atoms with Crippen molar-refractivity contribution in [1.82, 2.24) is 9.47 Å². The minimum absolute atomic E-state index is 0.0495. The van der Waals surface area contributed by atoms with Crippen LogP contribution in [0.4, 0.5) is 5.82 Å². The molecule has 3 heterocycles. The predicted molar refractivity (Wildman–Crippen MR) is 158 cm³/mol. The van der Waals surface area contributed by atoms with Gasteiger partial charge in [0.1, 0.15) is 21.8 Å². The van der Waals surface area contributed by atoms with Crippen LogP contribution in [0.15, 0.2) is 40.0 Å². The monoisotopic (exact) mass is 546 g/mol. The fourth-order valence-corrected chi connectivity index (χ4v) is 7.54. The zero-order valence-electron chi connectivity index (χ0n) is 22.1. The number of nitrogens with zero attached hydrogens (tertiary/aromatic N) is 4. The van der Waals surface area contributed by atoms with Crippen molar-refractivity contribution in [1.29, 1.82) is 5.26 Å². The molecular weight excluding hydrogens is 512 g/mol. The van der Waals surface area contributed by atoms with Gasteiger partial charge in [0.25, 0.3) is 11.5 Å². The van der Waals surface area contributed by atoms with Crippen molar-refractivity contribution in [2.24, 2.45) is 5.92 Å². The highest BCUT2D eigenvalue weighted by Crippen LogP contribution is 2.40. The van der Waals surface area contributed by atoms with Crippen LogP contribution in [0.2, 0.25) is 0 Å². The molecule has 1 aromatic heterocycles. The molecule has 2 saturated heterocycles. The molecule has 1 amide bonds. The molecule has 38 heavy (non-hydrogen) atoms. The second-order valence-electron chi connectivity index (χ2n) is 10.5. The Morgan fingerprint density at radius 2 is 1.79 bits per heavy atom. The summed E-state index contributed by atoms with van der Waals surface area (Å²) in [6, 6.07) is 12.9. The van der Waals surface area contributed by atoms with Crippen LogP contribution >= 0.6 is 24.0 Å². The van der Waals surface area contributed by atoms with Crippen molar-refractivity contribution in [2.75, 3.05) is 18.0 Å². The van der Waals surface area contributed by atoms with E-state index in [4.69, 9.17) is 12.2 Å². The first-order valence-corrected chi connectivity index (χ1v) is 14.9. The van der Waals surface area contributed by atoms with E-state index >= 15 is 0 Å². The lowest BCUT2D eigenvalue weighted by Gasteiger charge is -2.36. The summed E-state index contributed by atoms with van der Waals surface area (Å²) >= 11 is 6.97. The average Bonchev–Trinajstić information content (AvgIpc) is 3.54. The van der Waals surface area contributed by atoms with Crippen LogP contribution in [0, 0.1) is 24.2 Å². The van der Waals surface area contributed by atoms with Gasteiger partial charge in [0.2, 0.25) is 0 Å². The molecule has 0 unspecified atom stereocenters. The Morgan fingerprint density at radius 1 is 1.11 bits per heavy atom. The van der Waals surface area contributed by atoms with Gasteiger partial charge in [-0.2, -0.15) is 5.26 Å². The average molecular weight is 547 g/mol. The molecular formula is C30H34N4O2S2. The number of carbonyl (C=O) groups excluding carboxylic acids is 1. The van der Waals surface area contributed by atoms with Crippen LogP contribution in [0.1, 0.15) is 67.7 Å². The number of thioether (sulfide) groups is 1. The summed E-state index contributed by atoms with van der Waals surface area (Å²) < 4.78 is 2.32. The number of aromatic nitrogens is 1. The van der Waals surface area contributed by atoms with Crippen LogP contribution in [0.5, 0.6) is 0 Å². The number of hydrogen-bond acceptors (Lipinski definition) is 6. The van der Waals surface area contributed by atoms with Crippen LogP contribution in [-0.4, -0.2) is 38.8 Å². The van der Waals surface area contributed by atoms with Gasteiger partial charge in [-0.15, -0.1) is 0 Å². The molecule has 8 heteroatoms. The van der Waals surface area contributed by atoms with Crippen LogP contribution in [0.25, 0.3) is 6.08 Å². The van der Waals surface area contributed by atoms with Gasteiger partial charge in [-0.05, 0) is 69.1 Å². The number of thiocarbonyl (C=S) groups is 1. The highest BCUT2D eigenvalue weighted by Gasteiger charge is 2.38. The number of rotatable bonds is 6. The molecule has 5 rings (SSSR count). The molecule has 0 N–H and O–H groups in total. The molecule has 0 atom stereocenters. The fourth-order valence-electron chi connectivity index (χ4n) is 6.16. The molecule has 1 aliphatic carbocycles. The number of anilines is 1. The lowest BCUT2D eigenvalue weighted by atomic mass is 9.90. The molecule has 198 valence electrons. The molecule has 2 aliphatic heterocycles. The van der Waals surface area contributed by atoms with Crippen molar-refractivity contribution >= 4 is 46.1 Å². The van der Waals surface area contributed by atoms with Gasteiger partial charge in [0.15, 0.2) is 0 Å². The van der Waals surface area contributed by atoms with Gasteiger partial charge >= 0.3 is 0 Å². The lowest BCUT2D eigenvalue weighted by Crippen LogP contribution is -2.39. The van der Waals surface area contributed by atoms with Gasteiger partial charge < -0.3 is 4.90 Å². The van der Waals surface area contributed by atoms with Crippen molar-refractivity contribution < 1.29 is 4.79 Å². The number of benzene rings is 1. The molecule has 0 radical (unpaired) electrons. The Morgan fingerprint density at radius 3 is 2.42 bits per heavy atom. The van der Waals surface area contributed by atoms with Gasteiger partial charge in [0.05, 0.1) is 4.91 Å². The van der Waals surface area contributed by atoms with E-state index in [2.05, 4.69) is 35.2 Å². The quantitative estimate of drug-likeness (QED) is 0.344. The number of hydrogen-bond donors (Lipinski definition) is 0. The largest absolute Gasteiger partial charge is 0.357 e. The molecule has 1 saturated carbocycles. The molecule has 0 spiro atoms. The Balaban J connectivity index is 1.49. The summed E-state index contributed by atoms with van der Waals surface area (Å²) in [6.45, 7) is 5.87. The van der Waals surface area contributed by atoms with E-state index in [-0.39, 0.29) is 23.1 Å². The van der Waals surface area contributed by atoms with E-state index in [1.165, 1.54) is 17.3 Å². The van der Waals surface area contributed by atoms with E-state index in [1.807, 2.05) is 26.0 Å².